The van der Waals surface area contributed by atoms with E-state index >= 15 is 0 Å². The van der Waals surface area contributed by atoms with Crippen molar-refractivity contribution in [3.05, 3.63) is 24.4 Å². The monoisotopic (exact) mass is 213 g/mol. The van der Waals surface area contributed by atoms with Crippen LogP contribution in [0.15, 0.2) is 24.4 Å². The van der Waals surface area contributed by atoms with Gasteiger partial charge in [0.2, 0.25) is 0 Å². The van der Waals surface area contributed by atoms with Gasteiger partial charge < -0.3 is 10.6 Å². The Labute approximate surface area is 90.7 Å². The number of hydrogen-bond donors (Lipinski definition) is 2. The second-order valence-corrected chi connectivity index (χ2v) is 3.40. The minimum absolute atomic E-state index is 0. The van der Waals surface area contributed by atoms with E-state index in [1.807, 2.05) is 24.4 Å². The van der Waals surface area contributed by atoms with Gasteiger partial charge in [-0.2, -0.15) is 0 Å². The number of nitrogens with one attached hydrogen (secondary N) is 2. The van der Waals surface area contributed by atoms with Crippen LogP contribution in [0.3, 0.4) is 0 Å². The summed E-state index contributed by atoms with van der Waals surface area (Å²) in [5, 5.41) is 6.77. The Bertz CT molecular complexity index is 247. The quantitative estimate of drug-likeness (QED) is 0.785. The van der Waals surface area contributed by atoms with Gasteiger partial charge in [0.15, 0.2) is 0 Å². The molecule has 0 radical (unpaired) electrons. The predicted molar refractivity (Wildman–Crippen MR) is 61.0 cm³/mol. The molecular formula is C10H16ClN3. The van der Waals surface area contributed by atoms with Crippen LogP contribution in [0, 0.1) is 0 Å². The zero-order valence-electron chi connectivity index (χ0n) is 8.07. The fraction of sp³-hybridized carbons (Fsp3) is 0.500. The van der Waals surface area contributed by atoms with Crippen molar-refractivity contribution in [2.45, 2.75) is 18.9 Å². The van der Waals surface area contributed by atoms with Crippen LogP contribution in [0.5, 0.6) is 0 Å². The first-order valence-corrected chi connectivity index (χ1v) is 4.83. The number of nitrogens with zero attached hydrogens (tertiary/aromatic N) is 1. The lowest BCUT2D eigenvalue weighted by atomic mass is 10.1. The van der Waals surface area contributed by atoms with Crippen LogP contribution in [0.1, 0.15) is 12.8 Å². The largest absolute Gasteiger partial charge is 0.366 e. The molecule has 0 amide bonds. The minimum Gasteiger partial charge on any atom is -0.366 e. The number of anilines is 1. The fourth-order valence-electron chi connectivity index (χ4n) is 1.63. The first-order valence-electron chi connectivity index (χ1n) is 4.83. The molecule has 4 heteroatoms. The van der Waals surface area contributed by atoms with Gasteiger partial charge >= 0.3 is 0 Å². The molecule has 2 heterocycles. The number of pyridine rings is 1. The summed E-state index contributed by atoms with van der Waals surface area (Å²) in [5.41, 5.74) is 0. The fourth-order valence-corrected chi connectivity index (χ4v) is 1.63. The second kappa shape index (κ2) is 5.83. The lowest BCUT2D eigenvalue weighted by Crippen LogP contribution is -2.38. The smallest absolute Gasteiger partial charge is 0.126 e. The lowest BCUT2D eigenvalue weighted by Gasteiger charge is -2.24. The summed E-state index contributed by atoms with van der Waals surface area (Å²) in [7, 11) is 0. The molecule has 78 valence electrons. The molecule has 1 aliphatic heterocycles. The van der Waals surface area contributed by atoms with Crippen LogP contribution in [0.4, 0.5) is 5.82 Å². The third-order valence-corrected chi connectivity index (χ3v) is 2.31. The third-order valence-electron chi connectivity index (χ3n) is 2.31. The van der Waals surface area contributed by atoms with E-state index in [0.717, 1.165) is 18.9 Å². The van der Waals surface area contributed by atoms with Crippen LogP contribution >= 0.6 is 12.4 Å². The van der Waals surface area contributed by atoms with Gasteiger partial charge in [0.1, 0.15) is 5.82 Å². The van der Waals surface area contributed by atoms with Crippen molar-refractivity contribution in [3.63, 3.8) is 0 Å². The number of hydrogen-bond acceptors (Lipinski definition) is 3. The van der Waals surface area contributed by atoms with Crippen LogP contribution in [-0.4, -0.2) is 24.1 Å². The third kappa shape index (κ3) is 3.16. The van der Waals surface area contributed by atoms with Crippen LogP contribution in [0.2, 0.25) is 0 Å². The molecule has 1 aromatic rings. The summed E-state index contributed by atoms with van der Waals surface area (Å²) in [6.07, 6.45) is 4.31. The maximum atomic E-state index is 4.23. The maximum Gasteiger partial charge on any atom is 0.126 e. The highest BCUT2D eigenvalue weighted by atomic mass is 35.5. The highest BCUT2D eigenvalue weighted by Crippen LogP contribution is 2.08. The Morgan fingerprint density at radius 2 is 2.36 bits per heavy atom. The van der Waals surface area contributed by atoms with Crippen molar-refractivity contribution in [1.82, 2.24) is 10.3 Å². The Balaban J connectivity index is 0.000000980. The maximum absolute atomic E-state index is 4.23. The Hall–Kier alpha value is -0.800. The van der Waals surface area contributed by atoms with Gasteiger partial charge in [-0.1, -0.05) is 6.07 Å². The summed E-state index contributed by atoms with van der Waals surface area (Å²) in [6.45, 7) is 2.21. The summed E-state index contributed by atoms with van der Waals surface area (Å²) < 4.78 is 0. The highest BCUT2D eigenvalue weighted by Gasteiger charge is 2.11. The molecule has 1 fully saturated rings. The SMILES string of the molecule is Cl.c1ccc(N[C@@H]2CCCNC2)nc1. The van der Waals surface area contributed by atoms with Crippen molar-refractivity contribution < 1.29 is 0 Å². The molecule has 1 atom stereocenters. The molecule has 0 aromatic carbocycles. The molecule has 0 aliphatic carbocycles. The molecule has 1 aliphatic rings. The molecule has 14 heavy (non-hydrogen) atoms. The van der Waals surface area contributed by atoms with Gasteiger partial charge in [-0.3, -0.25) is 0 Å². The molecule has 0 bridgehead atoms. The van der Waals surface area contributed by atoms with Crippen LogP contribution < -0.4 is 10.6 Å². The number of aromatic nitrogens is 1. The van der Waals surface area contributed by atoms with Gasteiger partial charge in [-0.25, -0.2) is 4.98 Å². The molecule has 0 saturated carbocycles. The molecule has 2 rings (SSSR count). The van der Waals surface area contributed by atoms with Crippen molar-refractivity contribution in [2.24, 2.45) is 0 Å². The number of piperidine rings is 1. The van der Waals surface area contributed by atoms with Crippen molar-refractivity contribution in [1.29, 1.82) is 0 Å². The van der Waals surface area contributed by atoms with Crippen LogP contribution in [-0.2, 0) is 0 Å². The molecule has 2 N–H and O–H groups in total. The van der Waals surface area contributed by atoms with Gasteiger partial charge in [-0.15, -0.1) is 12.4 Å². The molecule has 1 saturated heterocycles. The average molecular weight is 214 g/mol. The van der Waals surface area contributed by atoms with Crippen molar-refractivity contribution in [3.8, 4) is 0 Å². The summed E-state index contributed by atoms with van der Waals surface area (Å²) in [4.78, 5) is 4.23. The predicted octanol–water partition coefficient (Wildman–Crippen LogP) is 1.67. The minimum atomic E-state index is 0. The summed E-state index contributed by atoms with van der Waals surface area (Å²) >= 11 is 0. The Morgan fingerprint density at radius 3 is 3.00 bits per heavy atom. The number of halogens is 1. The Kier molecular flexibility index (Phi) is 4.70. The molecule has 3 nitrogen and oxygen atoms in total. The van der Waals surface area contributed by atoms with E-state index in [4.69, 9.17) is 0 Å². The van der Waals surface area contributed by atoms with Crippen molar-refractivity contribution >= 4 is 18.2 Å². The van der Waals surface area contributed by atoms with Gasteiger partial charge in [-0.05, 0) is 31.5 Å². The molecule has 0 spiro atoms. The van der Waals surface area contributed by atoms with Gasteiger partial charge in [0.25, 0.3) is 0 Å². The van der Waals surface area contributed by atoms with E-state index in [1.165, 1.54) is 12.8 Å². The summed E-state index contributed by atoms with van der Waals surface area (Å²) in [5.74, 6) is 0.983. The molecule has 0 unspecified atom stereocenters. The van der Waals surface area contributed by atoms with E-state index < -0.39 is 0 Å². The summed E-state index contributed by atoms with van der Waals surface area (Å²) in [6, 6.07) is 6.49. The standard InChI is InChI=1S/C10H15N3.ClH/c1-2-7-12-10(5-1)13-9-4-3-6-11-8-9;/h1-2,5,7,9,11H,3-4,6,8H2,(H,12,13);1H/t9-;/m1./s1. The first-order chi connectivity index (χ1) is 6.45. The normalized spacial score (nSPS) is 21.0. The first kappa shape index (κ1) is 11.3. The van der Waals surface area contributed by atoms with E-state index in [1.54, 1.807) is 0 Å². The Morgan fingerprint density at radius 1 is 1.43 bits per heavy atom. The molecular weight excluding hydrogens is 198 g/mol. The van der Waals surface area contributed by atoms with Crippen LogP contribution in [0.25, 0.3) is 0 Å². The van der Waals surface area contributed by atoms with Crippen molar-refractivity contribution in [2.75, 3.05) is 18.4 Å². The van der Waals surface area contributed by atoms with E-state index in [0.29, 0.717) is 6.04 Å². The zero-order chi connectivity index (χ0) is 8.93. The molecule has 1 aromatic heterocycles. The van der Waals surface area contributed by atoms with Gasteiger partial charge in [0, 0.05) is 18.8 Å². The second-order valence-electron chi connectivity index (χ2n) is 3.40. The topological polar surface area (TPSA) is 37.0 Å². The van der Waals surface area contributed by atoms with E-state index in [-0.39, 0.29) is 12.4 Å². The lowest BCUT2D eigenvalue weighted by molar-refractivity contribution is 0.479. The van der Waals surface area contributed by atoms with Gasteiger partial charge in [0.05, 0.1) is 0 Å². The number of rotatable bonds is 2. The average Bonchev–Trinajstić information content (AvgIpc) is 2.21. The highest BCUT2D eigenvalue weighted by molar-refractivity contribution is 5.85. The zero-order valence-corrected chi connectivity index (χ0v) is 8.89. The van der Waals surface area contributed by atoms with E-state index in [2.05, 4.69) is 15.6 Å². The van der Waals surface area contributed by atoms with E-state index in [9.17, 15) is 0 Å².